The van der Waals surface area contributed by atoms with Gasteiger partial charge < -0.3 is 4.74 Å². The molecule has 0 saturated carbocycles. The van der Waals surface area contributed by atoms with Crippen LogP contribution in [-0.4, -0.2) is 14.4 Å². The second kappa shape index (κ2) is 4.96. The molecule has 0 aliphatic heterocycles. The predicted octanol–water partition coefficient (Wildman–Crippen LogP) is 3.04. The Morgan fingerprint density at radius 1 is 0.864 bits per heavy atom. The van der Waals surface area contributed by atoms with Crippen LogP contribution in [-0.2, 0) is 0 Å². The van der Waals surface area contributed by atoms with Crippen LogP contribution in [0.3, 0.4) is 0 Å². The van der Waals surface area contributed by atoms with Crippen molar-refractivity contribution in [2.24, 2.45) is 0 Å². The van der Waals surface area contributed by atoms with Crippen LogP contribution in [0.4, 0.5) is 0 Å². The third kappa shape index (κ3) is 2.09. The number of ether oxygens (including phenoxy) is 1. The van der Waals surface area contributed by atoms with Gasteiger partial charge in [0.15, 0.2) is 5.65 Å². The summed E-state index contributed by atoms with van der Waals surface area (Å²) in [7, 11) is 0. The van der Waals surface area contributed by atoms with Crippen LogP contribution < -0.4 is 10.3 Å². The molecule has 0 radical (unpaired) electrons. The Kier molecular flexibility index (Phi) is 2.83. The molecule has 0 aliphatic carbocycles. The fourth-order valence-electron chi connectivity index (χ4n) is 2.28. The molecule has 4 rings (SSSR count). The first-order chi connectivity index (χ1) is 10.8. The fraction of sp³-hybridized carbons (Fsp3) is 0. The first kappa shape index (κ1) is 12.5. The predicted molar refractivity (Wildman–Crippen MR) is 83.3 cm³/mol. The Hall–Kier alpha value is -3.21. The van der Waals surface area contributed by atoms with Gasteiger partial charge in [0, 0.05) is 12.3 Å². The average Bonchev–Trinajstić information content (AvgIpc) is 2.56. The molecule has 0 amide bonds. The van der Waals surface area contributed by atoms with Crippen LogP contribution in [0.25, 0.3) is 16.7 Å². The Morgan fingerprint density at radius 2 is 1.68 bits per heavy atom. The standard InChI is InChI=1S/C17H11N3O2/c21-17-13-9-10-15(22-12-6-2-1-3-7-12)19-16(13)18-14-8-4-5-11-20(14)17/h1-11H. The third-order valence-corrected chi connectivity index (χ3v) is 3.32. The molecule has 3 aromatic heterocycles. The van der Waals surface area contributed by atoms with Gasteiger partial charge in [-0.3, -0.25) is 9.20 Å². The number of rotatable bonds is 2. The van der Waals surface area contributed by atoms with Gasteiger partial charge in [0.25, 0.3) is 5.56 Å². The zero-order chi connectivity index (χ0) is 14.9. The number of hydrogen-bond acceptors (Lipinski definition) is 4. The summed E-state index contributed by atoms with van der Waals surface area (Å²) >= 11 is 0. The van der Waals surface area contributed by atoms with Crippen molar-refractivity contribution < 1.29 is 4.74 Å². The molecule has 0 unspecified atom stereocenters. The first-order valence-electron chi connectivity index (χ1n) is 6.82. The summed E-state index contributed by atoms with van der Waals surface area (Å²) < 4.78 is 7.18. The van der Waals surface area contributed by atoms with Gasteiger partial charge in [0.05, 0.1) is 5.39 Å². The fourth-order valence-corrected chi connectivity index (χ4v) is 2.28. The molecule has 5 nitrogen and oxygen atoms in total. The molecular formula is C17H11N3O2. The van der Waals surface area contributed by atoms with E-state index in [1.807, 2.05) is 36.4 Å². The Morgan fingerprint density at radius 3 is 2.55 bits per heavy atom. The summed E-state index contributed by atoms with van der Waals surface area (Å²) in [6.45, 7) is 0. The number of pyridine rings is 2. The molecule has 3 heterocycles. The van der Waals surface area contributed by atoms with Crippen molar-refractivity contribution in [3.63, 3.8) is 0 Å². The summed E-state index contributed by atoms with van der Waals surface area (Å²) in [5, 5.41) is 0.462. The highest BCUT2D eigenvalue weighted by molar-refractivity contribution is 5.76. The highest BCUT2D eigenvalue weighted by Gasteiger charge is 2.08. The zero-order valence-corrected chi connectivity index (χ0v) is 11.5. The molecule has 0 bridgehead atoms. The molecule has 22 heavy (non-hydrogen) atoms. The summed E-state index contributed by atoms with van der Waals surface area (Å²) in [6, 6.07) is 18.1. The Labute approximate surface area is 125 Å². The number of aromatic nitrogens is 3. The smallest absolute Gasteiger partial charge is 0.267 e. The van der Waals surface area contributed by atoms with Gasteiger partial charge in [-0.05, 0) is 30.3 Å². The van der Waals surface area contributed by atoms with E-state index in [9.17, 15) is 4.79 Å². The normalized spacial score (nSPS) is 10.9. The number of hydrogen-bond donors (Lipinski definition) is 0. The Balaban J connectivity index is 1.87. The maximum atomic E-state index is 12.4. The van der Waals surface area contributed by atoms with Crippen molar-refractivity contribution in [1.29, 1.82) is 0 Å². The summed E-state index contributed by atoms with van der Waals surface area (Å²) in [6.07, 6.45) is 1.69. The van der Waals surface area contributed by atoms with E-state index in [0.717, 1.165) is 0 Å². The lowest BCUT2D eigenvalue weighted by molar-refractivity contribution is 0.465. The van der Waals surface area contributed by atoms with E-state index in [1.165, 1.54) is 4.40 Å². The maximum Gasteiger partial charge on any atom is 0.267 e. The second-order valence-electron chi connectivity index (χ2n) is 4.78. The quantitative estimate of drug-likeness (QED) is 0.532. The summed E-state index contributed by atoms with van der Waals surface area (Å²) in [5.74, 6) is 1.10. The number of benzene rings is 1. The van der Waals surface area contributed by atoms with Gasteiger partial charge in [0.2, 0.25) is 5.88 Å². The van der Waals surface area contributed by atoms with E-state index in [4.69, 9.17) is 4.74 Å². The van der Waals surface area contributed by atoms with Crippen LogP contribution in [0.15, 0.2) is 71.7 Å². The number of nitrogens with zero attached hydrogens (tertiary/aromatic N) is 3. The molecule has 0 atom stereocenters. The lowest BCUT2D eigenvalue weighted by Crippen LogP contribution is -2.15. The van der Waals surface area contributed by atoms with E-state index >= 15 is 0 Å². The van der Waals surface area contributed by atoms with Gasteiger partial charge in [0.1, 0.15) is 11.4 Å². The van der Waals surface area contributed by atoms with Gasteiger partial charge >= 0.3 is 0 Å². The van der Waals surface area contributed by atoms with Crippen LogP contribution in [0.2, 0.25) is 0 Å². The van der Waals surface area contributed by atoms with E-state index in [1.54, 1.807) is 30.5 Å². The summed E-state index contributed by atoms with van der Waals surface area (Å²) in [4.78, 5) is 21.1. The average molecular weight is 289 g/mol. The lowest BCUT2D eigenvalue weighted by atomic mass is 10.3. The van der Waals surface area contributed by atoms with Crippen molar-refractivity contribution in [3.05, 3.63) is 77.2 Å². The van der Waals surface area contributed by atoms with Crippen molar-refractivity contribution in [3.8, 4) is 11.6 Å². The largest absolute Gasteiger partial charge is 0.439 e. The minimum atomic E-state index is -0.139. The van der Waals surface area contributed by atoms with Gasteiger partial charge in [-0.1, -0.05) is 24.3 Å². The topological polar surface area (TPSA) is 56.5 Å². The van der Waals surface area contributed by atoms with Crippen LogP contribution >= 0.6 is 0 Å². The molecule has 4 aromatic rings. The van der Waals surface area contributed by atoms with Crippen molar-refractivity contribution in [1.82, 2.24) is 14.4 Å². The summed E-state index contributed by atoms with van der Waals surface area (Å²) in [5.41, 5.74) is 0.799. The molecule has 0 spiro atoms. The van der Waals surface area contributed by atoms with Crippen LogP contribution in [0.5, 0.6) is 11.6 Å². The molecule has 0 saturated heterocycles. The van der Waals surface area contributed by atoms with E-state index < -0.39 is 0 Å². The van der Waals surface area contributed by atoms with E-state index in [2.05, 4.69) is 9.97 Å². The molecular weight excluding hydrogens is 278 g/mol. The molecule has 0 aliphatic rings. The van der Waals surface area contributed by atoms with Crippen molar-refractivity contribution >= 4 is 16.7 Å². The van der Waals surface area contributed by atoms with Crippen molar-refractivity contribution in [2.45, 2.75) is 0 Å². The zero-order valence-electron chi connectivity index (χ0n) is 11.5. The van der Waals surface area contributed by atoms with Gasteiger partial charge in [-0.2, -0.15) is 4.98 Å². The SMILES string of the molecule is O=c1c2ccc(Oc3ccccc3)nc2nc2ccccn12. The number of fused-ring (bicyclic) bond motifs is 2. The van der Waals surface area contributed by atoms with Crippen molar-refractivity contribution in [2.75, 3.05) is 0 Å². The van der Waals surface area contributed by atoms with Gasteiger partial charge in [-0.15, -0.1) is 0 Å². The first-order valence-corrected chi connectivity index (χ1v) is 6.82. The highest BCUT2D eigenvalue weighted by atomic mass is 16.5. The van der Waals surface area contributed by atoms with Crippen LogP contribution in [0.1, 0.15) is 0 Å². The molecule has 5 heteroatoms. The van der Waals surface area contributed by atoms with Crippen LogP contribution in [0, 0.1) is 0 Å². The monoisotopic (exact) mass is 289 g/mol. The Bertz CT molecular complexity index is 1030. The third-order valence-electron chi connectivity index (χ3n) is 3.32. The van der Waals surface area contributed by atoms with E-state index in [0.29, 0.717) is 28.3 Å². The minimum absolute atomic E-state index is 0.139. The van der Waals surface area contributed by atoms with Gasteiger partial charge in [-0.25, -0.2) is 4.98 Å². The minimum Gasteiger partial charge on any atom is -0.439 e. The molecule has 0 N–H and O–H groups in total. The lowest BCUT2D eigenvalue weighted by Gasteiger charge is -2.06. The maximum absolute atomic E-state index is 12.4. The second-order valence-corrected chi connectivity index (χ2v) is 4.78. The highest BCUT2D eigenvalue weighted by Crippen LogP contribution is 2.20. The molecule has 1 aromatic carbocycles. The molecule has 0 fully saturated rings. The van der Waals surface area contributed by atoms with E-state index in [-0.39, 0.29) is 5.56 Å². The number of para-hydroxylation sites is 1. The molecule has 106 valence electrons.